The molecule has 2 rings (SSSR count). The molecule has 0 aromatic carbocycles. The minimum atomic E-state index is -0.0931. The van der Waals surface area contributed by atoms with E-state index in [2.05, 4.69) is 15.3 Å². The summed E-state index contributed by atoms with van der Waals surface area (Å²) in [5.41, 5.74) is 5.71. The van der Waals surface area contributed by atoms with E-state index in [1.165, 1.54) is 18.9 Å². The summed E-state index contributed by atoms with van der Waals surface area (Å²) in [6.45, 7) is 2.67. The summed E-state index contributed by atoms with van der Waals surface area (Å²) >= 11 is 0. The van der Waals surface area contributed by atoms with E-state index in [1.807, 2.05) is 6.92 Å². The molecule has 1 saturated carbocycles. The Labute approximate surface area is 107 Å². The molecule has 0 saturated heterocycles. The van der Waals surface area contributed by atoms with Gasteiger partial charge in [-0.25, -0.2) is 4.98 Å². The molecule has 18 heavy (non-hydrogen) atoms. The molecule has 4 N–H and O–H groups in total. The zero-order valence-corrected chi connectivity index (χ0v) is 10.9. The van der Waals surface area contributed by atoms with Crippen LogP contribution >= 0.6 is 0 Å². The quantitative estimate of drug-likeness (QED) is 0.751. The van der Waals surface area contributed by atoms with Gasteiger partial charge in [-0.1, -0.05) is 19.8 Å². The van der Waals surface area contributed by atoms with Crippen LogP contribution in [0.1, 0.15) is 38.4 Å². The van der Waals surface area contributed by atoms with E-state index in [4.69, 9.17) is 5.73 Å². The fourth-order valence-corrected chi connectivity index (χ4v) is 2.62. The number of aryl methyl sites for hydroxylation is 1. The molecule has 5 heteroatoms. The zero-order chi connectivity index (χ0) is 13.0. The van der Waals surface area contributed by atoms with Crippen molar-refractivity contribution in [3.05, 3.63) is 22.2 Å². The van der Waals surface area contributed by atoms with Crippen LogP contribution in [0, 0.1) is 5.92 Å². The van der Waals surface area contributed by atoms with E-state index in [-0.39, 0.29) is 5.56 Å². The van der Waals surface area contributed by atoms with Crippen molar-refractivity contribution in [1.29, 1.82) is 0 Å². The largest absolute Gasteiger partial charge is 0.367 e. The van der Waals surface area contributed by atoms with Crippen LogP contribution in [0.4, 0.5) is 5.82 Å². The van der Waals surface area contributed by atoms with Gasteiger partial charge in [-0.2, -0.15) is 0 Å². The van der Waals surface area contributed by atoms with Gasteiger partial charge in [0.15, 0.2) is 0 Å². The normalized spacial score (nSPS) is 23.9. The van der Waals surface area contributed by atoms with Crippen molar-refractivity contribution >= 4 is 5.82 Å². The highest BCUT2D eigenvalue weighted by Crippen LogP contribution is 2.25. The molecule has 0 bridgehead atoms. The second-order valence-electron chi connectivity index (χ2n) is 4.96. The van der Waals surface area contributed by atoms with Gasteiger partial charge in [0.2, 0.25) is 0 Å². The van der Waals surface area contributed by atoms with Crippen LogP contribution in [0.5, 0.6) is 0 Å². The predicted octanol–water partition coefficient (Wildman–Crippen LogP) is 1.26. The van der Waals surface area contributed by atoms with Gasteiger partial charge in [0.1, 0.15) is 11.6 Å². The van der Waals surface area contributed by atoms with Gasteiger partial charge in [0.25, 0.3) is 5.56 Å². The second-order valence-corrected chi connectivity index (χ2v) is 4.96. The van der Waals surface area contributed by atoms with E-state index in [9.17, 15) is 4.79 Å². The lowest BCUT2D eigenvalue weighted by molar-refractivity contribution is 0.332. The summed E-state index contributed by atoms with van der Waals surface area (Å²) in [5.74, 6) is 1.90. The minimum Gasteiger partial charge on any atom is -0.367 e. The predicted molar refractivity (Wildman–Crippen MR) is 72.7 cm³/mol. The molecule has 1 aliphatic carbocycles. The number of H-pyrrole nitrogens is 1. The Hall–Kier alpha value is -1.36. The Kier molecular flexibility index (Phi) is 4.36. The number of hydrogen-bond acceptors (Lipinski definition) is 4. The third kappa shape index (κ3) is 3.10. The molecule has 1 aromatic rings. The second kappa shape index (κ2) is 6.00. The first kappa shape index (κ1) is 13.1. The van der Waals surface area contributed by atoms with Crippen LogP contribution < -0.4 is 16.6 Å². The first-order chi connectivity index (χ1) is 8.72. The minimum absolute atomic E-state index is 0.0931. The molecule has 2 unspecified atom stereocenters. The van der Waals surface area contributed by atoms with Gasteiger partial charge in [0.05, 0.1) is 0 Å². The molecule has 1 heterocycles. The van der Waals surface area contributed by atoms with Crippen molar-refractivity contribution in [2.24, 2.45) is 11.7 Å². The molecular weight excluding hydrogens is 228 g/mol. The van der Waals surface area contributed by atoms with E-state index >= 15 is 0 Å². The van der Waals surface area contributed by atoms with Gasteiger partial charge in [-0.15, -0.1) is 0 Å². The van der Waals surface area contributed by atoms with Crippen molar-refractivity contribution in [2.75, 3.05) is 11.9 Å². The number of nitrogens with zero attached hydrogens (tertiary/aromatic N) is 1. The smallest absolute Gasteiger partial charge is 0.252 e. The first-order valence-corrected chi connectivity index (χ1v) is 6.79. The standard InChI is InChI=1S/C13H22N4O/c1-2-11-16-12(7-13(18)17-11)15-10-6-4-3-5-9(10)8-14/h7,9-10H,2-6,8,14H2,1H3,(H2,15,16,17,18). The van der Waals surface area contributed by atoms with Crippen molar-refractivity contribution in [2.45, 2.75) is 45.1 Å². The number of anilines is 1. The molecular formula is C13H22N4O. The van der Waals surface area contributed by atoms with Crippen LogP contribution in [0.25, 0.3) is 0 Å². The lowest BCUT2D eigenvalue weighted by Gasteiger charge is -2.31. The maximum Gasteiger partial charge on any atom is 0.252 e. The molecule has 5 nitrogen and oxygen atoms in total. The molecule has 1 fully saturated rings. The van der Waals surface area contributed by atoms with Crippen LogP contribution in [0.3, 0.4) is 0 Å². The monoisotopic (exact) mass is 250 g/mol. The fourth-order valence-electron chi connectivity index (χ4n) is 2.62. The van der Waals surface area contributed by atoms with E-state index in [0.29, 0.717) is 24.3 Å². The molecule has 0 radical (unpaired) electrons. The number of rotatable bonds is 4. The molecule has 0 amide bonds. The highest BCUT2D eigenvalue weighted by atomic mass is 16.1. The van der Waals surface area contributed by atoms with Gasteiger partial charge >= 0.3 is 0 Å². The zero-order valence-electron chi connectivity index (χ0n) is 10.9. The number of aromatic amines is 1. The SMILES string of the molecule is CCc1nc(NC2CCCCC2CN)cc(=O)[nH]1. The lowest BCUT2D eigenvalue weighted by Crippen LogP contribution is -2.37. The van der Waals surface area contributed by atoms with E-state index in [0.717, 1.165) is 25.1 Å². The Morgan fingerprint density at radius 1 is 1.50 bits per heavy atom. The van der Waals surface area contributed by atoms with E-state index < -0.39 is 0 Å². The molecule has 0 spiro atoms. The summed E-state index contributed by atoms with van der Waals surface area (Å²) in [5, 5.41) is 3.39. The van der Waals surface area contributed by atoms with Crippen molar-refractivity contribution < 1.29 is 0 Å². The van der Waals surface area contributed by atoms with Crippen LogP contribution in [0.15, 0.2) is 10.9 Å². The van der Waals surface area contributed by atoms with Gasteiger partial charge in [-0.05, 0) is 25.3 Å². The summed E-state index contributed by atoms with van der Waals surface area (Å²) in [7, 11) is 0. The number of aromatic nitrogens is 2. The fraction of sp³-hybridized carbons (Fsp3) is 0.692. The number of hydrogen-bond donors (Lipinski definition) is 3. The van der Waals surface area contributed by atoms with Crippen molar-refractivity contribution in [3.8, 4) is 0 Å². The summed E-state index contributed by atoms with van der Waals surface area (Å²) in [6.07, 6.45) is 5.48. The maximum atomic E-state index is 11.5. The van der Waals surface area contributed by atoms with Crippen LogP contribution in [-0.4, -0.2) is 22.6 Å². The van der Waals surface area contributed by atoms with Crippen LogP contribution in [0.2, 0.25) is 0 Å². The molecule has 100 valence electrons. The third-order valence-electron chi connectivity index (χ3n) is 3.67. The third-order valence-corrected chi connectivity index (χ3v) is 3.67. The molecule has 1 aromatic heterocycles. The molecule has 2 atom stereocenters. The van der Waals surface area contributed by atoms with Gasteiger partial charge in [0, 0.05) is 18.5 Å². The first-order valence-electron chi connectivity index (χ1n) is 6.79. The molecule has 0 aliphatic heterocycles. The summed E-state index contributed by atoms with van der Waals surface area (Å²) in [4.78, 5) is 18.6. The lowest BCUT2D eigenvalue weighted by atomic mass is 9.84. The number of nitrogens with one attached hydrogen (secondary N) is 2. The van der Waals surface area contributed by atoms with Crippen molar-refractivity contribution in [1.82, 2.24) is 9.97 Å². The van der Waals surface area contributed by atoms with Gasteiger partial charge in [-0.3, -0.25) is 4.79 Å². The number of nitrogens with two attached hydrogens (primary N) is 1. The topological polar surface area (TPSA) is 83.8 Å². The van der Waals surface area contributed by atoms with Crippen molar-refractivity contribution in [3.63, 3.8) is 0 Å². The average molecular weight is 250 g/mol. The summed E-state index contributed by atoms with van der Waals surface area (Å²) < 4.78 is 0. The van der Waals surface area contributed by atoms with Crippen LogP contribution in [-0.2, 0) is 6.42 Å². The highest BCUT2D eigenvalue weighted by Gasteiger charge is 2.24. The Morgan fingerprint density at radius 2 is 2.28 bits per heavy atom. The Balaban J connectivity index is 2.12. The molecule has 1 aliphatic rings. The highest BCUT2D eigenvalue weighted by molar-refractivity contribution is 5.34. The van der Waals surface area contributed by atoms with E-state index in [1.54, 1.807) is 0 Å². The maximum absolute atomic E-state index is 11.5. The van der Waals surface area contributed by atoms with Gasteiger partial charge < -0.3 is 16.0 Å². The average Bonchev–Trinajstić information content (AvgIpc) is 2.38. The summed E-state index contributed by atoms with van der Waals surface area (Å²) in [6, 6.07) is 1.88. The Morgan fingerprint density at radius 3 is 3.00 bits per heavy atom. The Bertz CT molecular complexity index is 443.